The molecule has 40 heavy (non-hydrogen) atoms. The number of aliphatic hydroxyl groups is 1. The molecule has 0 saturated heterocycles. The molecule has 3 aromatic rings. The first-order valence-electron chi connectivity index (χ1n) is 12.1. The number of methoxy groups -OCH3 is 1. The first kappa shape index (κ1) is 29.5. The van der Waals surface area contributed by atoms with Crippen molar-refractivity contribution in [1.29, 1.82) is 0 Å². The minimum absolute atomic E-state index is 0.0572. The highest BCUT2D eigenvalue weighted by atomic mass is 79.9. The normalized spacial score (nSPS) is 15.0. The van der Waals surface area contributed by atoms with Gasteiger partial charge in [0.2, 0.25) is 0 Å². The number of ether oxygens (including phenoxy) is 3. The fourth-order valence-electron chi connectivity index (χ4n) is 3.70. The molecule has 1 N–H and O–H groups in total. The molecule has 0 atom stereocenters. The molecule has 10 heteroatoms. The molecule has 0 aromatic heterocycles. The van der Waals surface area contributed by atoms with Crippen LogP contribution in [-0.2, 0) is 16.1 Å². The second kappa shape index (κ2) is 13.2. The third-order valence-electron chi connectivity index (χ3n) is 5.72. The zero-order valence-corrected chi connectivity index (χ0v) is 25.0. The first-order chi connectivity index (χ1) is 19.2. The number of rotatable bonds is 8. The second-order valence-electron chi connectivity index (χ2n) is 8.59. The van der Waals surface area contributed by atoms with E-state index in [1.807, 2.05) is 19.1 Å². The highest BCUT2D eigenvalue weighted by molar-refractivity contribution is 9.10. The Labute approximate surface area is 249 Å². The molecular formula is C30H25BrClNO6S. The van der Waals surface area contributed by atoms with Gasteiger partial charge >= 0.3 is 5.97 Å². The predicted octanol–water partition coefficient (Wildman–Crippen LogP) is 7.70. The number of carbonyl (C=O) groups excluding carboxylic acids is 2. The topological polar surface area (TPSA) is 94.4 Å². The average Bonchev–Trinajstić information content (AvgIpc) is 3.23. The Morgan fingerprint density at radius 2 is 1.80 bits per heavy atom. The van der Waals surface area contributed by atoms with Gasteiger partial charge in [0, 0.05) is 10.6 Å². The Kier molecular flexibility index (Phi) is 9.73. The smallest absolute Gasteiger partial charge is 0.344 e. The maximum atomic E-state index is 12.8. The Balaban J connectivity index is 1.65. The number of hydrogen-bond acceptors (Lipinski definition) is 7. The first-order valence-corrected chi connectivity index (χ1v) is 14.1. The molecule has 1 aliphatic heterocycles. The van der Waals surface area contributed by atoms with Crippen molar-refractivity contribution in [2.45, 2.75) is 20.5 Å². The molecule has 0 radical (unpaired) electrons. The van der Waals surface area contributed by atoms with Crippen molar-refractivity contribution >= 4 is 62.3 Å². The Morgan fingerprint density at radius 1 is 1.10 bits per heavy atom. The number of esters is 1. The molecule has 1 heterocycles. The minimum atomic E-state index is -0.768. The minimum Gasteiger partial charge on any atom is -0.506 e. The Bertz CT molecular complexity index is 1530. The molecule has 0 saturated carbocycles. The van der Waals surface area contributed by atoms with Crippen molar-refractivity contribution in [3.8, 4) is 11.5 Å². The van der Waals surface area contributed by atoms with Gasteiger partial charge in [0.25, 0.3) is 5.91 Å². The summed E-state index contributed by atoms with van der Waals surface area (Å²) in [5.41, 5.74) is 2.78. The third kappa shape index (κ3) is 6.96. The maximum absolute atomic E-state index is 12.8. The third-order valence-corrected chi connectivity index (χ3v) is 7.58. The number of benzene rings is 3. The zero-order valence-electron chi connectivity index (χ0n) is 21.9. The summed E-state index contributed by atoms with van der Waals surface area (Å²) in [5.74, 6) is -0.676. The van der Waals surface area contributed by atoms with Crippen molar-refractivity contribution in [2.24, 2.45) is 4.99 Å². The van der Waals surface area contributed by atoms with E-state index < -0.39 is 11.9 Å². The summed E-state index contributed by atoms with van der Waals surface area (Å²) in [6.45, 7) is 3.96. The molecule has 206 valence electrons. The van der Waals surface area contributed by atoms with Crippen LogP contribution in [0.3, 0.4) is 0 Å². The van der Waals surface area contributed by atoms with Crippen molar-refractivity contribution < 1.29 is 28.9 Å². The summed E-state index contributed by atoms with van der Waals surface area (Å²) in [6.07, 6.45) is 1.66. The largest absolute Gasteiger partial charge is 0.506 e. The lowest BCUT2D eigenvalue weighted by atomic mass is 10.1. The van der Waals surface area contributed by atoms with Gasteiger partial charge in [0.15, 0.2) is 11.5 Å². The monoisotopic (exact) mass is 641 g/mol. The maximum Gasteiger partial charge on any atom is 0.344 e. The number of hydrogen-bond donors (Lipinski definition) is 1. The van der Waals surface area contributed by atoms with E-state index in [0.717, 1.165) is 22.9 Å². The van der Waals surface area contributed by atoms with E-state index in [9.17, 15) is 14.7 Å². The van der Waals surface area contributed by atoms with E-state index in [0.29, 0.717) is 43.6 Å². The molecular weight excluding hydrogens is 618 g/mol. The number of aliphatic imine (C=N–C) groups is 1. The van der Waals surface area contributed by atoms with E-state index in [1.165, 1.54) is 7.11 Å². The SMILES string of the molecule is CCOC(=O)C1=C(O)/C(=C/c2cc(Br)c(OCc3ccc(Cl)cc3)c(OC)c2)SC1=NC(=O)c1ccc(C)cc1. The van der Waals surface area contributed by atoms with E-state index in [2.05, 4.69) is 20.9 Å². The number of amides is 1. The van der Waals surface area contributed by atoms with Gasteiger partial charge in [-0.2, -0.15) is 0 Å². The van der Waals surface area contributed by atoms with Gasteiger partial charge in [-0.3, -0.25) is 4.79 Å². The van der Waals surface area contributed by atoms with Gasteiger partial charge in [-0.05, 0) is 83.4 Å². The number of thioether (sulfide) groups is 1. The van der Waals surface area contributed by atoms with Crippen LogP contribution in [0.2, 0.25) is 5.02 Å². The summed E-state index contributed by atoms with van der Waals surface area (Å²) in [7, 11) is 1.52. The van der Waals surface area contributed by atoms with E-state index >= 15 is 0 Å². The quantitative estimate of drug-likeness (QED) is 0.252. The molecule has 4 rings (SSSR count). The lowest BCUT2D eigenvalue weighted by Crippen LogP contribution is -2.14. The van der Waals surface area contributed by atoms with Gasteiger partial charge in [0.1, 0.15) is 23.0 Å². The lowest BCUT2D eigenvalue weighted by molar-refractivity contribution is -0.138. The molecule has 0 unspecified atom stereocenters. The molecule has 3 aromatic carbocycles. The van der Waals surface area contributed by atoms with Crippen LogP contribution in [0.15, 0.2) is 86.4 Å². The van der Waals surface area contributed by atoms with Crippen molar-refractivity contribution in [1.82, 2.24) is 0 Å². The van der Waals surface area contributed by atoms with Crippen LogP contribution in [-0.4, -0.2) is 35.7 Å². The average molecular weight is 643 g/mol. The Hall–Kier alpha value is -3.53. The van der Waals surface area contributed by atoms with Gasteiger partial charge in [-0.1, -0.05) is 53.2 Å². The van der Waals surface area contributed by atoms with Gasteiger partial charge < -0.3 is 19.3 Å². The summed E-state index contributed by atoms with van der Waals surface area (Å²) in [5, 5.41) is 11.7. The van der Waals surface area contributed by atoms with E-state index in [4.69, 9.17) is 25.8 Å². The van der Waals surface area contributed by atoms with E-state index in [1.54, 1.807) is 61.5 Å². The zero-order chi connectivity index (χ0) is 28.8. The van der Waals surface area contributed by atoms with Crippen LogP contribution in [0.1, 0.15) is 34.0 Å². The number of aliphatic hydroxyl groups excluding tert-OH is 1. The summed E-state index contributed by atoms with van der Waals surface area (Å²) in [6, 6.07) is 17.8. The molecule has 1 amide bonds. The van der Waals surface area contributed by atoms with Crippen molar-refractivity contribution in [3.63, 3.8) is 0 Å². The summed E-state index contributed by atoms with van der Waals surface area (Å²) < 4.78 is 17.3. The van der Waals surface area contributed by atoms with Crippen LogP contribution < -0.4 is 9.47 Å². The molecule has 0 spiro atoms. The van der Waals surface area contributed by atoms with Gasteiger partial charge in [-0.25, -0.2) is 9.79 Å². The second-order valence-corrected chi connectivity index (χ2v) is 10.9. The lowest BCUT2D eigenvalue weighted by Gasteiger charge is -2.14. The number of carbonyl (C=O) groups is 2. The molecule has 1 aliphatic rings. The summed E-state index contributed by atoms with van der Waals surface area (Å²) >= 11 is 10.5. The summed E-state index contributed by atoms with van der Waals surface area (Å²) in [4.78, 5) is 30.0. The highest BCUT2D eigenvalue weighted by Crippen LogP contribution is 2.42. The fraction of sp³-hybridized carbons (Fsp3) is 0.167. The van der Waals surface area contributed by atoms with Crippen LogP contribution in [0.5, 0.6) is 11.5 Å². The van der Waals surface area contributed by atoms with Gasteiger partial charge in [0.05, 0.1) is 23.1 Å². The van der Waals surface area contributed by atoms with Crippen LogP contribution in [0.25, 0.3) is 6.08 Å². The molecule has 7 nitrogen and oxygen atoms in total. The predicted molar refractivity (Wildman–Crippen MR) is 161 cm³/mol. The molecule has 0 fully saturated rings. The van der Waals surface area contributed by atoms with Crippen molar-refractivity contribution in [3.05, 3.63) is 109 Å². The number of halogens is 2. The molecule has 0 aliphatic carbocycles. The Morgan fingerprint density at radius 3 is 2.45 bits per heavy atom. The van der Waals surface area contributed by atoms with Gasteiger partial charge in [-0.15, -0.1) is 0 Å². The highest BCUT2D eigenvalue weighted by Gasteiger charge is 2.34. The number of nitrogens with zero attached hydrogens (tertiary/aromatic N) is 1. The standard InChI is InChI=1S/C30H25BrClNO6S/c1-4-38-30(36)25-26(34)24(40-29(25)33-28(35)20-9-5-17(2)6-10-20)15-19-13-22(31)27(23(14-19)37-3)39-16-18-7-11-21(32)12-8-18/h5-15,34H,4,16H2,1-3H3/b24-15-,33-29?. The van der Waals surface area contributed by atoms with E-state index in [-0.39, 0.29) is 23.0 Å². The van der Waals surface area contributed by atoms with Crippen molar-refractivity contribution in [2.75, 3.05) is 13.7 Å². The molecule has 0 bridgehead atoms. The fourth-order valence-corrected chi connectivity index (χ4v) is 5.41. The number of aryl methyl sites for hydroxylation is 1. The van der Waals surface area contributed by atoms with Crippen LogP contribution in [0, 0.1) is 6.92 Å². The van der Waals surface area contributed by atoms with Crippen LogP contribution >= 0.6 is 39.3 Å². The van der Waals surface area contributed by atoms with Crippen LogP contribution in [0.4, 0.5) is 0 Å².